The Morgan fingerprint density at radius 3 is 2.12 bits per heavy atom. The van der Waals surface area contributed by atoms with Crippen LogP contribution in [0.2, 0.25) is 5.02 Å². The lowest BCUT2D eigenvalue weighted by Gasteiger charge is -2.09. The highest BCUT2D eigenvalue weighted by Crippen LogP contribution is 2.23. The average molecular weight is 446 g/mol. The number of rotatable bonds is 5. The minimum absolute atomic E-state index is 0.271. The maximum Gasteiger partial charge on any atom is 0.343 e. The molecule has 0 bridgehead atoms. The van der Waals surface area contributed by atoms with Crippen LogP contribution >= 0.6 is 11.6 Å². The number of aryl methyl sites for hydroxylation is 1. The summed E-state index contributed by atoms with van der Waals surface area (Å²) in [6.07, 6.45) is 0. The Bertz CT molecular complexity index is 1260. The quantitative estimate of drug-likeness (QED) is 0.320. The first-order valence-corrected chi connectivity index (χ1v) is 10.3. The number of carbonyl (C=O) groups is 2. The molecule has 1 heterocycles. The van der Waals surface area contributed by atoms with E-state index in [1.54, 1.807) is 65.3 Å². The third kappa shape index (κ3) is 4.55. The van der Waals surface area contributed by atoms with Gasteiger partial charge in [-0.2, -0.15) is 5.10 Å². The predicted octanol–water partition coefficient (Wildman–Crippen LogP) is 5.61. The highest BCUT2D eigenvalue weighted by molar-refractivity contribution is 6.31. The zero-order chi connectivity index (χ0) is 22.7. The average Bonchev–Trinajstić information content (AvgIpc) is 3.08. The van der Waals surface area contributed by atoms with Gasteiger partial charge >= 0.3 is 5.97 Å². The molecule has 3 aromatic carbocycles. The molecule has 1 amide bonds. The molecule has 0 spiro atoms. The van der Waals surface area contributed by atoms with Gasteiger partial charge < -0.3 is 10.1 Å². The van der Waals surface area contributed by atoms with Gasteiger partial charge in [-0.3, -0.25) is 4.79 Å². The second-order valence-electron chi connectivity index (χ2n) is 7.18. The van der Waals surface area contributed by atoms with Crippen molar-refractivity contribution >= 4 is 29.2 Å². The van der Waals surface area contributed by atoms with Crippen molar-refractivity contribution in [3.63, 3.8) is 0 Å². The molecule has 0 fully saturated rings. The maximum absolute atomic E-state index is 12.6. The molecule has 1 aromatic heterocycles. The fourth-order valence-corrected chi connectivity index (χ4v) is 3.30. The lowest BCUT2D eigenvalue weighted by atomic mass is 10.2. The lowest BCUT2D eigenvalue weighted by molar-refractivity contribution is 0.0734. The molecule has 0 atom stereocenters. The summed E-state index contributed by atoms with van der Waals surface area (Å²) in [5.41, 5.74) is 4.01. The van der Waals surface area contributed by atoms with Gasteiger partial charge in [0.2, 0.25) is 0 Å². The number of nitrogens with one attached hydrogen (secondary N) is 1. The lowest BCUT2D eigenvalue weighted by Crippen LogP contribution is -2.12. The number of anilines is 1. The topological polar surface area (TPSA) is 73.2 Å². The summed E-state index contributed by atoms with van der Waals surface area (Å²) in [6.45, 7) is 3.76. The smallest absolute Gasteiger partial charge is 0.343 e. The molecule has 160 valence electrons. The summed E-state index contributed by atoms with van der Waals surface area (Å²) in [6, 6.07) is 22.4. The van der Waals surface area contributed by atoms with Crippen LogP contribution in [0.5, 0.6) is 5.75 Å². The van der Waals surface area contributed by atoms with Crippen LogP contribution in [0, 0.1) is 13.8 Å². The molecular formula is C25H20ClN3O3. The Kier molecular flexibility index (Phi) is 6.05. The van der Waals surface area contributed by atoms with Gasteiger partial charge in [0.15, 0.2) is 0 Å². The van der Waals surface area contributed by atoms with E-state index in [1.807, 2.05) is 32.0 Å². The molecule has 4 rings (SSSR count). The Morgan fingerprint density at radius 1 is 0.875 bits per heavy atom. The Labute approximate surface area is 190 Å². The van der Waals surface area contributed by atoms with E-state index in [-0.39, 0.29) is 5.91 Å². The van der Waals surface area contributed by atoms with E-state index >= 15 is 0 Å². The first-order chi connectivity index (χ1) is 15.4. The number of halogens is 1. The van der Waals surface area contributed by atoms with E-state index in [1.165, 1.54) is 0 Å². The number of ether oxygens (including phenoxy) is 1. The zero-order valence-corrected chi connectivity index (χ0v) is 18.3. The van der Waals surface area contributed by atoms with Gasteiger partial charge in [0.05, 0.1) is 27.7 Å². The van der Waals surface area contributed by atoms with Crippen molar-refractivity contribution in [3.05, 3.63) is 106 Å². The Hall–Kier alpha value is -3.90. The van der Waals surface area contributed by atoms with Crippen molar-refractivity contribution in [3.8, 4) is 11.4 Å². The van der Waals surface area contributed by atoms with E-state index in [0.29, 0.717) is 27.6 Å². The molecule has 0 aliphatic rings. The number of hydrogen-bond donors (Lipinski definition) is 1. The van der Waals surface area contributed by atoms with Crippen LogP contribution in [-0.2, 0) is 0 Å². The molecule has 0 aliphatic carbocycles. The van der Waals surface area contributed by atoms with Crippen molar-refractivity contribution in [2.45, 2.75) is 13.8 Å². The van der Waals surface area contributed by atoms with Crippen molar-refractivity contribution in [1.82, 2.24) is 9.78 Å². The van der Waals surface area contributed by atoms with Crippen LogP contribution in [0.1, 0.15) is 32.1 Å². The molecule has 7 heteroatoms. The highest BCUT2D eigenvalue weighted by atomic mass is 35.5. The molecule has 0 saturated heterocycles. The minimum atomic E-state index is -0.452. The monoisotopic (exact) mass is 445 g/mol. The van der Waals surface area contributed by atoms with Gasteiger partial charge in [-0.05, 0) is 74.5 Å². The number of nitrogens with zero attached hydrogens (tertiary/aromatic N) is 2. The van der Waals surface area contributed by atoms with Crippen LogP contribution in [0.3, 0.4) is 0 Å². The third-order valence-electron chi connectivity index (χ3n) is 4.91. The molecule has 0 saturated carbocycles. The van der Waals surface area contributed by atoms with Crippen LogP contribution in [0.25, 0.3) is 5.69 Å². The van der Waals surface area contributed by atoms with Crippen LogP contribution in [-0.4, -0.2) is 21.7 Å². The molecule has 6 nitrogen and oxygen atoms in total. The number of carbonyl (C=O) groups excluding carboxylic acids is 2. The third-order valence-corrected chi connectivity index (χ3v) is 5.46. The number of aromatic nitrogens is 2. The maximum atomic E-state index is 12.6. The number of esters is 1. The summed E-state index contributed by atoms with van der Waals surface area (Å²) >= 11 is 6.22. The molecule has 0 radical (unpaired) electrons. The predicted molar refractivity (Wildman–Crippen MR) is 124 cm³/mol. The standard InChI is InChI=1S/C25H20ClN3O3/c1-16-23(26)17(2)29(28-16)21-12-10-20(11-13-21)27-24(30)18-8-14-22(15-9-18)32-25(31)19-6-4-3-5-7-19/h3-15H,1-2H3,(H,27,30). The Balaban J connectivity index is 1.40. The number of hydrogen-bond acceptors (Lipinski definition) is 4. The molecule has 0 aliphatic heterocycles. The van der Waals surface area contributed by atoms with Gasteiger partial charge in [0.25, 0.3) is 5.91 Å². The van der Waals surface area contributed by atoms with E-state index in [0.717, 1.165) is 17.1 Å². The largest absolute Gasteiger partial charge is 0.423 e. The van der Waals surface area contributed by atoms with Crippen molar-refractivity contribution in [1.29, 1.82) is 0 Å². The SMILES string of the molecule is Cc1nn(-c2ccc(NC(=O)c3ccc(OC(=O)c4ccccc4)cc3)cc2)c(C)c1Cl. The van der Waals surface area contributed by atoms with Gasteiger partial charge in [0, 0.05) is 11.3 Å². The zero-order valence-electron chi connectivity index (χ0n) is 17.5. The normalized spacial score (nSPS) is 10.6. The fraction of sp³-hybridized carbons (Fsp3) is 0.0800. The van der Waals surface area contributed by atoms with Gasteiger partial charge in [-0.25, -0.2) is 9.48 Å². The van der Waals surface area contributed by atoms with Crippen molar-refractivity contribution in [2.24, 2.45) is 0 Å². The van der Waals surface area contributed by atoms with E-state index in [4.69, 9.17) is 16.3 Å². The molecule has 32 heavy (non-hydrogen) atoms. The van der Waals surface area contributed by atoms with Gasteiger partial charge in [0.1, 0.15) is 5.75 Å². The molecule has 1 N–H and O–H groups in total. The van der Waals surface area contributed by atoms with Crippen LogP contribution < -0.4 is 10.1 Å². The number of benzene rings is 3. The van der Waals surface area contributed by atoms with Crippen molar-refractivity contribution < 1.29 is 14.3 Å². The van der Waals surface area contributed by atoms with E-state index in [9.17, 15) is 9.59 Å². The summed E-state index contributed by atoms with van der Waals surface area (Å²) < 4.78 is 7.10. The summed E-state index contributed by atoms with van der Waals surface area (Å²) in [5, 5.41) is 7.92. The first-order valence-electron chi connectivity index (χ1n) is 9.93. The number of amides is 1. The summed E-state index contributed by atoms with van der Waals surface area (Å²) in [4.78, 5) is 24.7. The molecule has 4 aromatic rings. The molecule has 0 unspecified atom stereocenters. The highest BCUT2D eigenvalue weighted by Gasteiger charge is 2.12. The van der Waals surface area contributed by atoms with Crippen LogP contribution in [0.4, 0.5) is 5.69 Å². The fourth-order valence-electron chi connectivity index (χ4n) is 3.18. The second-order valence-corrected chi connectivity index (χ2v) is 7.56. The van der Waals surface area contributed by atoms with Crippen LogP contribution in [0.15, 0.2) is 78.9 Å². The summed E-state index contributed by atoms with van der Waals surface area (Å²) in [7, 11) is 0. The van der Waals surface area contributed by atoms with Gasteiger partial charge in [-0.1, -0.05) is 29.8 Å². The minimum Gasteiger partial charge on any atom is -0.423 e. The second kappa shape index (κ2) is 9.08. The van der Waals surface area contributed by atoms with Crippen molar-refractivity contribution in [2.75, 3.05) is 5.32 Å². The van der Waals surface area contributed by atoms with E-state index in [2.05, 4.69) is 10.4 Å². The summed E-state index contributed by atoms with van der Waals surface area (Å²) in [5.74, 6) is -0.358. The first kappa shape index (κ1) is 21.3. The van der Waals surface area contributed by atoms with E-state index < -0.39 is 5.97 Å². The van der Waals surface area contributed by atoms with Gasteiger partial charge in [-0.15, -0.1) is 0 Å². The Morgan fingerprint density at radius 2 is 1.53 bits per heavy atom. The molecular weight excluding hydrogens is 426 g/mol.